The van der Waals surface area contributed by atoms with Gasteiger partial charge < -0.3 is 24.8 Å². The number of benzene rings is 1. The molecule has 0 bridgehead atoms. The first-order chi connectivity index (χ1) is 20.5. The third-order valence-electron chi connectivity index (χ3n) is 7.46. The Balaban J connectivity index is 1.34. The topological polar surface area (TPSA) is 122 Å². The van der Waals surface area contributed by atoms with Crippen LogP contribution in [0.5, 0.6) is 0 Å². The van der Waals surface area contributed by atoms with Crippen LogP contribution in [0.4, 0.5) is 26.4 Å². The van der Waals surface area contributed by atoms with Crippen molar-refractivity contribution < 1.29 is 28.6 Å². The normalized spacial score (nSPS) is 17.7. The summed E-state index contributed by atoms with van der Waals surface area (Å²) in [5, 5.41) is 13.2. The maximum absolute atomic E-state index is 13.8. The average Bonchev–Trinajstić information content (AvgIpc) is 3.54. The van der Waals surface area contributed by atoms with Gasteiger partial charge in [-0.05, 0) is 57.5 Å². The third kappa shape index (κ3) is 5.63. The molecule has 2 N–H and O–H groups in total. The van der Waals surface area contributed by atoms with Crippen LogP contribution >= 0.6 is 0 Å². The number of nitrogens with one attached hydrogen (secondary N) is 1. The molecule has 1 aromatic carbocycles. The molecule has 43 heavy (non-hydrogen) atoms. The molecular weight excluding hydrogens is 555 g/mol. The van der Waals surface area contributed by atoms with E-state index in [1.165, 1.54) is 12.1 Å². The molecular formula is C31H33FN6O5. The van der Waals surface area contributed by atoms with Crippen LogP contribution in [0.3, 0.4) is 0 Å². The average molecular weight is 589 g/mol. The highest BCUT2D eigenvalue weighted by molar-refractivity contribution is 6.11. The number of aliphatic hydroxyl groups is 1. The van der Waals surface area contributed by atoms with Crippen LogP contribution in [0.2, 0.25) is 0 Å². The number of carbonyl (C=O) groups excluding carboxylic acids is 2. The lowest BCUT2D eigenvalue weighted by atomic mass is 9.99. The highest BCUT2D eigenvalue weighted by Gasteiger charge is 2.39. The molecule has 2 atom stereocenters. The molecule has 1 saturated heterocycles. The van der Waals surface area contributed by atoms with Crippen molar-refractivity contribution in [3.05, 3.63) is 71.9 Å². The smallest absolute Gasteiger partial charge is 0.417 e. The molecule has 12 heteroatoms. The van der Waals surface area contributed by atoms with Gasteiger partial charge in [-0.3, -0.25) is 9.20 Å². The molecule has 2 aliphatic heterocycles. The Morgan fingerprint density at radius 2 is 2.00 bits per heavy atom. The molecule has 1 fully saturated rings. The molecule has 5 heterocycles. The molecule has 3 aromatic heterocycles. The zero-order chi connectivity index (χ0) is 30.5. The number of anilines is 3. The molecule has 0 unspecified atom stereocenters. The number of imide groups is 1. The van der Waals surface area contributed by atoms with Crippen molar-refractivity contribution in [3.63, 3.8) is 0 Å². The van der Waals surface area contributed by atoms with Crippen LogP contribution in [0.15, 0.2) is 55.0 Å². The fraction of sp³-hybridized carbons (Fsp3) is 0.355. The van der Waals surface area contributed by atoms with Gasteiger partial charge in [-0.2, -0.15) is 0 Å². The molecule has 0 saturated carbocycles. The van der Waals surface area contributed by atoms with Crippen LogP contribution in [0.25, 0.3) is 16.9 Å². The largest absolute Gasteiger partial charge is 0.443 e. The summed E-state index contributed by atoms with van der Waals surface area (Å²) in [6.45, 7) is 8.66. The second-order valence-electron chi connectivity index (χ2n) is 11.7. The summed E-state index contributed by atoms with van der Waals surface area (Å²) >= 11 is 0. The van der Waals surface area contributed by atoms with Gasteiger partial charge >= 0.3 is 6.09 Å². The zero-order valence-electron chi connectivity index (χ0n) is 24.4. The first kappa shape index (κ1) is 28.6. The van der Waals surface area contributed by atoms with E-state index in [0.717, 1.165) is 10.6 Å². The highest BCUT2D eigenvalue weighted by Crippen LogP contribution is 2.39. The molecule has 224 valence electrons. The minimum absolute atomic E-state index is 0.00376. The van der Waals surface area contributed by atoms with Crippen LogP contribution in [0, 0.1) is 5.82 Å². The van der Waals surface area contributed by atoms with E-state index >= 15 is 0 Å². The molecule has 2 aliphatic rings. The predicted molar refractivity (Wildman–Crippen MR) is 158 cm³/mol. The Hall–Kier alpha value is -4.55. The predicted octanol–water partition coefficient (Wildman–Crippen LogP) is 4.76. The number of aromatic nitrogens is 3. The first-order valence-electron chi connectivity index (χ1n) is 14.1. The monoisotopic (exact) mass is 588 g/mol. The summed E-state index contributed by atoms with van der Waals surface area (Å²) in [4.78, 5) is 38.9. The Bertz CT molecular complexity index is 1700. The van der Waals surface area contributed by atoms with Gasteiger partial charge in [0.25, 0.3) is 5.91 Å². The van der Waals surface area contributed by atoms with E-state index in [2.05, 4.69) is 20.2 Å². The number of nitrogens with zero attached hydrogens (tertiary/aromatic N) is 5. The molecule has 4 aromatic rings. The minimum atomic E-state index is -0.789. The van der Waals surface area contributed by atoms with Crippen LogP contribution < -0.4 is 10.2 Å². The van der Waals surface area contributed by atoms with Gasteiger partial charge in [0, 0.05) is 30.9 Å². The molecule has 0 aliphatic carbocycles. The zero-order valence-corrected chi connectivity index (χ0v) is 24.4. The van der Waals surface area contributed by atoms with Crippen molar-refractivity contribution in [2.45, 2.75) is 52.0 Å². The number of halogens is 1. The van der Waals surface area contributed by atoms with Crippen LogP contribution in [-0.4, -0.2) is 73.9 Å². The first-order valence-corrected chi connectivity index (χ1v) is 14.1. The molecule has 2 amide bonds. The SMILES string of the molecule is C[C@H](O)[C@@H]1CN(c2ccc(Nc3ccc(-c4cnc5cc(F)ccn45)c4c3C(=O)N(C(=O)OC(C)(C)C)C4)nc2)CCO1. The number of hydrogen-bond acceptors (Lipinski definition) is 9. The van der Waals surface area contributed by atoms with Gasteiger partial charge in [-0.1, -0.05) is 6.07 Å². The number of morpholine rings is 1. The number of aliphatic hydroxyl groups excluding tert-OH is 1. The molecule has 11 nitrogen and oxygen atoms in total. The van der Waals surface area contributed by atoms with Crippen molar-refractivity contribution in [1.82, 2.24) is 19.3 Å². The lowest BCUT2D eigenvalue weighted by Gasteiger charge is -2.35. The number of fused-ring (bicyclic) bond motifs is 2. The highest BCUT2D eigenvalue weighted by atomic mass is 19.1. The van der Waals surface area contributed by atoms with Gasteiger partial charge in [0.15, 0.2) is 0 Å². The van der Waals surface area contributed by atoms with Gasteiger partial charge in [0.1, 0.15) is 29.0 Å². The van der Waals surface area contributed by atoms with E-state index in [1.807, 2.05) is 18.2 Å². The third-order valence-corrected chi connectivity index (χ3v) is 7.46. The second-order valence-corrected chi connectivity index (χ2v) is 11.7. The van der Waals surface area contributed by atoms with Crippen molar-refractivity contribution in [1.29, 1.82) is 0 Å². The number of imidazole rings is 1. The van der Waals surface area contributed by atoms with Gasteiger partial charge in [0.2, 0.25) is 0 Å². The summed E-state index contributed by atoms with van der Waals surface area (Å²) in [6.07, 6.45) is 3.33. The number of rotatable bonds is 5. The maximum Gasteiger partial charge on any atom is 0.417 e. The van der Waals surface area contributed by atoms with Crippen molar-refractivity contribution in [2.75, 3.05) is 29.9 Å². The van der Waals surface area contributed by atoms with E-state index in [-0.39, 0.29) is 12.6 Å². The van der Waals surface area contributed by atoms with E-state index in [9.17, 15) is 19.1 Å². The summed E-state index contributed by atoms with van der Waals surface area (Å²) < 4.78 is 26.8. The number of ether oxygens (including phenoxy) is 2. The molecule has 0 spiro atoms. The van der Waals surface area contributed by atoms with E-state index in [0.29, 0.717) is 59.2 Å². The maximum atomic E-state index is 13.8. The number of hydrogen-bond donors (Lipinski definition) is 2. The quantitative estimate of drug-likeness (QED) is 0.340. The molecule has 6 rings (SSSR count). The lowest BCUT2D eigenvalue weighted by molar-refractivity contribution is -0.0364. The van der Waals surface area contributed by atoms with Crippen LogP contribution in [-0.2, 0) is 16.0 Å². The summed E-state index contributed by atoms with van der Waals surface area (Å²) in [5.41, 5.74) is 3.27. The van der Waals surface area contributed by atoms with Gasteiger partial charge in [-0.15, -0.1) is 0 Å². The Morgan fingerprint density at radius 3 is 2.72 bits per heavy atom. The number of carbonyl (C=O) groups is 2. The van der Waals surface area contributed by atoms with Crippen molar-refractivity contribution in [2.24, 2.45) is 0 Å². The van der Waals surface area contributed by atoms with Crippen molar-refractivity contribution >= 4 is 34.8 Å². The fourth-order valence-electron chi connectivity index (χ4n) is 5.37. The Kier molecular flexibility index (Phi) is 7.26. The van der Waals surface area contributed by atoms with E-state index in [4.69, 9.17) is 9.47 Å². The van der Waals surface area contributed by atoms with E-state index < -0.39 is 29.5 Å². The molecule has 0 radical (unpaired) electrons. The van der Waals surface area contributed by atoms with E-state index in [1.54, 1.807) is 56.8 Å². The summed E-state index contributed by atoms with van der Waals surface area (Å²) in [5.74, 6) is -0.397. The van der Waals surface area contributed by atoms with Crippen LogP contribution in [0.1, 0.15) is 43.6 Å². The number of pyridine rings is 2. The lowest BCUT2D eigenvalue weighted by Crippen LogP contribution is -2.47. The second kappa shape index (κ2) is 10.9. The van der Waals surface area contributed by atoms with Gasteiger partial charge in [-0.25, -0.2) is 24.1 Å². The Labute approximate surface area is 247 Å². The van der Waals surface area contributed by atoms with Crippen molar-refractivity contribution in [3.8, 4) is 11.3 Å². The van der Waals surface area contributed by atoms with Gasteiger partial charge in [0.05, 0.1) is 54.3 Å². The fourth-order valence-corrected chi connectivity index (χ4v) is 5.37. The minimum Gasteiger partial charge on any atom is -0.443 e. The standard InChI is InChI=1S/C31H33FN6O5/c1-18(39)25-17-36(11-12-42-25)20-5-8-26(33-14-20)35-23-7-6-21(24-15-34-27-13-19(32)9-10-37(24)27)22-16-38(29(40)28(22)23)30(41)43-31(2,3)4/h5-10,13-15,18,25,39H,11-12,16-17H2,1-4H3,(H,33,35)/t18-,25-/m0/s1. The summed E-state index contributed by atoms with van der Waals surface area (Å²) in [6, 6.07) is 10.0. The summed E-state index contributed by atoms with van der Waals surface area (Å²) in [7, 11) is 0. The Morgan fingerprint density at radius 1 is 1.19 bits per heavy atom. The number of amides is 2.